The fourth-order valence-electron chi connectivity index (χ4n) is 4.21. The molecule has 0 aliphatic carbocycles. The molecule has 0 rings (SSSR count). The SMILES string of the molecule is C.C.C.C.C.C.C.C.CCC(=O)O.CCC(CO)N(C)C.CCC(CO)NC(C)=O.CCC(CO)[N+](C)(C)C.CCC(COP(=O)([O-])OCC[N+](C)(C)C)NC(C)=O.CCC(N)CO.CCC(O)C(N)CO.CCC([NH3+])COP(=O)([O-])O.CCN. The van der Waals surface area contributed by atoms with E-state index in [1.165, 1.54) is 13.8 Å². The van der Waals surface area contributed by atoms with Crippen LogP contribution in [0.4, 0.5) is 0 Å². The van der Waals surface area contributed by atoms with E-state index in [4.69, 9.17) is 66.9 Å². The topological polar surface area (TPSA) is 454 Å². The summed E-state index contributed by atoms with van der Waals surface area (Å²) in [6, 6.07) is -0.233. The number of aliphatic hydroxyl groups is 6. The van der Waals surface area contributed by atoms with Crippen molar-refractivity contribution in [2.75, 3.05) is 122 Å². The number of carboxylic acid groups (broad SMARTS) is 1. The second-order valence-electron chi connectivity index (χ2n) is 19.3. The highest BCUT2D eigenvalue weighted by atomic mass is 31.2. The predicted molar refractivity (Wildman–Crippen MR) is 355 cm³/mol. The third-order valence-corrected chi connectivity index (χ3v) is 11.3. The van der Waals surface area contributed by atoms with Crippen LogP contribution in [0.3, 0.4) is 0 Å². The molecule has 0 aromatic rings. The minimum Gasteiger partial charge on any atom is -0.756 e. The van der Waals surface area contributed by atoms with Gasteiger partial charge in [-0.3, -0.25) is 23.5 Å². The Bertz CT molecular complexity index is 1370. The first kappa shape index (κ1) is 128. The third kappa shape index (κ3) is 121. The van der Waals surface area contributed by atoms with E-state index < -0.39 is 33.8 Å². The smallest absolute Gasteiger partial charge is 0.303 e. The average Bonchev–Trinajstić information content (AvgIpc) is 3.33. The molecule has 29 heteroatoms. The van der Waals surface area contributed by atoms with E-state index in [0.717, 1.165) is 43.1 Å². The zero-order valence-electron chi connectivity index (χ0n) is 51.2. The molecule has 2 amide bonds. The molecule has 0 spiro atoms. The van der Waals surface area contributed by atoms with Gasteiger partial charge in [-0.25, -0.2) is 0 Å². The molecule has 10 atom stereocenters. The van der Waals surface area contributed by atoms with E-state index in [9.17, 15) is 33.3 Å². The monoisotopic (exact) mass is 1300 g/mol. The van der Waals surface area contributed by atoms with Gasteiger partial charge >= 0.3 is 5.97 Å². The second kappa shape index (κ2) is 82.1. The second-order valence-corrected chi connectivity index (χ2v) is 21.9. The van der Waals surface area contributed by atoms with Crippen LogP contribution in [-0.4, -0.2) is 243 Å². The van der Waals surface area contributed by atoms with Crippen molar-refractivity contribution < 1.29 is 102 Å². The summed E-state index contributed by atoms with van der Waals surface area (Å²) in [6.07, 6.45) is 5.26. The van der Waals surface area contributed by atoms with Crippen LogP contribution < -0.4 is 43.4 Å². The summed E-state index contributed by atoms with van der Waals surface area (Å²) in [7, 11) is 7.24. The molecular formula is C56H152N9O18P2+. The van der Waals surface area contributed by atoms with E-state index in [1.54, 1.807) is 6.92 Å². The number of nitrogens with one attached hydrogen (secondary N) is 2. The van der Waals surface area contributed by atoms with Crippen LogP contribution in [0.5, 0.6) is 0 Å². The minimum absolute atomic E-state index is 0. The normalized spacial score (nSPS) is 13.8. The summed E-state index contributed by atoms with van der Waals surface area (Å²) in [5, 5.41) is 64.4. The van der Waals surface area contributed by atoms with E-state index in [-0.39, 0.29) is 148 Å². The van der Waals surface area contributed by atoms with Gasteiger partial charge in [0, 0.05) is 32.4 Å². The van der Waals surface area contributed by atoms with Crippen molar-refractivity contribution in [1.29, 1.82) is 0 Å². The van der Waals surface area contributed by atoms with Crippen molar-refractivity contribution in [3.63, 3.8) is 0 Å². The number of aliphatic carboxylic acids is 1. The number of carbonyl (C=O) groups is 3. The number of nitrogens with two attached hydrogens (primary N) is 3. The molecule has 19 N–H and O–H groups in total. The van der Waals surface area contributed by atoms with E-state index >= 15 is 0 Å². The van der Waals surface area contributed by atoms with Gasteiger partial charge < -0.3 is 111 Å². The summed E-state index contributed by atoms with van der Waals surface area (Å²) in [5.41, 5.74) is 18.9. The van der Waals surface area contributed by atoms with Crippen LogP contribution in [0, 0.1) is 0 Å². The zero-order valence-corrected chi connectivity index (χ0v) is 53.0. The van der Waals surface area contributed by atoms with Crippen molar-refractivity contribution >= 4 is 33.4 Å². The summed E-state index contributed by atoms with van der Waals surface area (Å²) < 4.78 is 36.5. The molecule has 0 fully saturated rings. The van der Waals surface area contributed by atoms with Gasteiger partial charge in [-0.1, -0.05) is 122 Å². The predicted octanol–water partition coefficient (Wildman–Crippen LogP) is 3.60. The van der Waals surface area contributed by atoms with Gasteiger partial charge in [0.25, 0.3) is 15.6 Å². The lowest BCUT2D eigenvalue weighted by molar-refractivity contribution is -0.896. The number of amides is 2. The van der Waals surface area contributed by atoms with Gasteiger partial charge in [-0.2, -0.15) is 0 Å². The lowest BCUT2D eigenvalue weighted by atomic mass is 10.1. The number of rotatable bonds is 28. The Labute approximate surface area is 524 Å². The van der Waals surface area contributed by atoms with Crippen molar-refractivity contribution in [2.45, 2.75) is 235 Å². The molecular weight excluding hydrogens is 1150 g/mol. The Morgan fingerprint density at radius 3 is 1.16 bits per heavy atom. The number of nitrogens with zero attached hydrogens (tertiary/aromatic N) is 3. The molecule has 27 nitrogen and oxygen atoms in total. The highest BCUT2D eigenvalue weighted by molar-refractivity contribution is 7.45. The van der Waals surface area contributed by atoms with Gasteiger partial charge in [0.1, 0.15) is 31.8 Å². The molecule has 0 saturated heterocycles. The van der Waals surface area contributed by atoms with E-state index in [2.05, 4.69) is 55.9 Å². The number of likely N-dealkylation sites (N-methyl/N-ethyl adjacent to an activating group) is 3. The first-order valence-electron chi connectivity index (χ1n) is 26.3. The number of carboxylic acids is 1. The number of hydrogen-bond acceptors (Lipinski definition) is 20. The maximum atomic E-state index is 11.5. The molecule has 0 aliphatic rings. The molecule has 0 saturated carbocycles. The summed E-state index contributed by atoms with van der Waals surface area (Å²) in [4.78, 5) is 62.2. The van der Waals surface area contributed by atoms with Crippen LogP contribution in [-0.2, 0) is 37.1 Å². The summed E-state index contributed by atoms with van der Waals surface area (Å²) >= 11 is 0. The molecule has 0 heterocycles. The minimum atomic E-state index is -4.52. The standard InChI is InChI=1S/C11H25N2O5P.C7H18NO.C6H13NO2.C6H15NO.C5H13NO2.C4H12NO4P.C4H11NO.C3H6O2.C2H7N.8CH4/c1-6-11(12-10(2)14)9-18-19(15,16)17-8-7-13(3,4)5;1-5-7(6-9)8(2,3)4;1-3-6(4-8)7-5(2)9;1-4-6(5-8)7(2)3;1-2-5(8)4(6)3-7;1-2-4(5)3-9-10(6,7)8;1-2-4(5)3-6;1-2-3(4)5;1-2-3;;;;;;;;/h11H,6-9H2,1-5H3,(H-,12,14,15,16);7,9H,5-6H2,1-4H3;6,8H,3-4H2,1-2H3,(H,7,9);6,8H,4-5H2,1-3H3;4-5,7-8H,2-3,6H2,1H3;4H,2-3,5H2,1H3,(H2,6,7,8);4,6H,2-3,5H2,1H3;2H2,1H3,(H,4,5);2-3H2,1H3;8*1H4/q;+1;;;;;;;;;;;;;;;. The summed E-state index contributed by atoms with van der Waals surface area (Å²) in [6.45, 7) is 21.6. The van der Waals surface area contributed by atoms with Crippen molar-refractivity contribution in [2.24, 2.45) is 17.2 Å². The van der Waals surface area contributed by atoms with Gasteiger partial charge in [-0.15, -0.1) is 0 Å². The van der Waals surface area contributed by atoms with Crippen LogP contribution >= 0.6 is 15.6 Å². The first-order chi connectivity index (χ1) is 35.2. The highest BCUT2D eigenvalue weighted by Gasteiger charge is 2.20. The van der Waals surface area contributed by atoms with Crippen LogP contribution in [0.25, 0.3) is 0 Å². The maximum Gasteiger partial charge on any atom is 0.303 e. The quantitative estimate of drug-likeness (QED) is 0.0393. The molecule has 0 aromatic heterocycles. The fraction of sp³-hybridized carbons (Fsp3) is 0.946. The lowest BCUT2D eigenvalue weighted by Crippen LogP contribution is -2.62. The molecule has 0 radical (unpaired) electrons. The molecule has 0 aromatic carbocycles. The number of carbonyl (C=O) groups excluding carboxylic acids is 2. The van der Waals surface area contributed by atoms with Crippen molar-refractivity contribution in [3.8, 4) is 0 Å². The Morgan fingerprint density at radius 1 is 0.612 bits per heavy atom. The molecule has 0 aliphatic heterocycles. The molecule has 85 heavy (non-hydrogen) atoms. The van der Waals surface area contributed by atoms with Crippen molar-refractivity contribution in [3.05, 3.63) is 0 Å². The average molecular weight is 1300 g/mol. The van der Waals surface area contributed by atoms with E-state index in [0.29, 0.717) is 42.6 Å². The number of aliphatic hydroxyl groups excluding tert-OH is 6. The fourth-order valence-corrected chi connectivity index (χ4v) is 5.35. The van der Waals surface area contributed by atoms with Gasteiger partial charge in [0.2, 0.25) is 11.8 Å². The largest absolute Gasteiger partial charge is 0.756 e. The number of phosphoric acid groups is 2. The van der Waals surface area contributed by atoms with Crippen molar-refractivity contribution in [1.82, 2.24) is 15.5 Å². The molecule has 0 bridgehead atoms. The maximum absolute atomic E-state index is 11.5. The van der Waals surface area contributed by atoms with E-state index in [1.807, 2.05) is 81.7 Å². The first-order valence-corrected chi connectivity index (χ1v) is 29.2. The number of phosphoric ester groups is 2. The Kier molecular flexibility index (Phi) is 124. The molecule has 538 valence electrons. The third-order valence-electron chi connectivity index (χ3n) is 9.89. The van der Waals surface area contributed by atoms with Crippen LogP contribution in [0.1, 0.15) is 187 Å². The number of quaternary nitrogens is 3. The Balaban J connectivity index is -0.0000000418. The number of hydrogen-bond donors (Lipinski definition) is 14. The molecule has 10 unspecified atom stereocenters. The highest BCUT2D eigenvalue weighted by Crippen LogP contribution is 2.38. The van der Waals surface area contributed by atoms with Gasteiger partial charge in [-0.05, 0) is 65.6 Å². The van der Waals surface area contributed by atoms with Crippen LogP contribution in [0.15, 0.2) is 0 Å². The van der Waals surface area contributed by atoms with Gasteiger partial charge in [0.05, 0.1) is 106 Å². The van der Waals surface area contributed by atoms with Crippen LogP contribution in [0.2, 0.25) is 0 Å². The lowest BCUT2D eigenvalue weighted by Gasteiger charge is -2.32. The Hall–Kier alpha value is -1.89. The van der Waals surface area contributed by atoms with Gasteiger partial charge in [0.15, 0.2) is 0 Å². The zero-order chi connectivity index (χ0) is 63.2. The summed E-state index contributed by atoms with van der Waals surface area (Å²) in [5.74, 6) is -1.05. The Morgan fingerprint density at radius 2 is 1.01 bits per heavy atom.